The van der Waals surface area contributed by atoms with Crippen LogP contribution in [-0.2, 0) is 11.3 Å². The van der Waals surface area contributed by atoms with Crippen molar-refractivity contribution in [2.75, 3.05) is 33.2 Å². The summed E-state index contributed by atoms with van der Waals surface area (Å²) in [6, 6.07) is 4.13. The highest BCUT2D eigenvalue weighted by atomic mass is 19.2. The first kappa shape index (κ1) is 22.7. The van der Waals surface area contributed by atoms with Crippen LogP contribution in [0.3, 0.4) is 0 Å². The van der Waals surface area contributed by atoms with Crippen LogP contribution in [-0.4, -0.2) is 39.8 Å². The molecule has 162 valence electrons. The minimum absolute atomic E-state index is 0.0714. The van der Waals surface area contributed by atoms with Crippen molar-refractivity contribution in [3.05, 3.63) is 47.3 Å². The van der Waals surface area contributed by atoms with E-state index in [0.29, 0.717) is 28.9 Å². The lowest BCUT2D eigenvalue weighted by Gasteiger charge is -2.14. The van der Waals surface area contributed by atoms with E-state index in [0.717, 1.165) is 6.07 Å². The van der Waals surface area contributed by atoms with Gasteiger partial charge in [-0.2, -0.15) is 0 Å². The fraction of sp³-hybridized carbons (Fsp3) is 0.263. The molecule has 0 atom stereocenters. The maximum Gasteiger partial charge on any atom is 0.315 e. The summed E-state index contributed by atoms with van der Waals surface area (Å²) in [6.45, 7) is -0.457. The molecule has 0 saturated heterocycles. The lowest BCUT2D eigenvalue weighted by Crippen LogP contribution is -2.39. The third kappa shape index (κ3) is 5.46. The molecule has 3 amide bonds. The number of hydrogen-bond acceptors (Lipinski definition) is 5. The topological polar surface area (TPSA) is 97.9 Å². The lowest BCUT2D eigenvalue weighted by atomic mass is 10.2. The quantitative estimate of drug-likeness (QED) is 0.563. The van der Waals surface area contributed by atoms with Gasteiger partial charge in [-0.15, -0.1) is 0 Å². The van der Waals surface area contributed by atoms with E-state index in [2.05, 4.69) is 10.6 Å². The van der Waals surface area contributed by atoms with E-state index >= 15 is 0 Å². The van der Waals surface area contributed by atoms with Gasteiger partial charge in [0.1, 0.15) is 0 Å². The van der Waals surface area contributed by atoms with Crippen molar-refractivity contribution in [1.29, 1.82) is 0 Å². The monoisotopic (exact) mass is 427 g/mol. The second kappa shape index (κ2) is 10.2. The highest BCUT2D eigenvalue weighted by Crippen LogP contribution is 2.38. The highest BCUT2D eigenvalue weighted by molar-refractivity contribution is 5.94. The van der Waals surface area contributed by atoms with Gasteiger partial charge in [0.15, 0.2) is 29.0 Å². The Balaban J connectivity index is 1.89. The van der Waals surface area contributed by atoms with Crippen LogP contribution < -0.4 is 30.2 Å². The van der Waals surface area contributed by atoms with Gasteiger partial charge in [-0.1, -0.05) is 0 Å². The molecule has 0 heterocycles. The summed E-state index contributed by atoms with van der Waals surface area (Å²) in [5.74, 6) is -4.24. The molecule has 0 radical (unpaired) electrons. The van der Waals surface area contributed by atoms with Gasteiger partial charge in [-0.3, -0.25) is 4.79 Å². The van der Waals surface area contributed by atoms with E-state index < -0.39 is 41.6 Å². The number of urea groups is 1. The summed E-state index contributed by atoms with van der Waals surface area (Å²) in [5, 5.41) is 6.82. The van der Waals surface area contributed by atoms with Gasteiger partial charge < -0.3 is 30.2 Å². The third-order valence-corrected chi connectivity index (χ3v) is 3.90. The standard InChI is InChI=1S/C19H20F3N3O5/c1-28-13-6-10(7-14(29-2)18(13)30-3)8-23-19(27)24-9-15(26)25-12-5-4-11(20)16(21)17(12)22/h4-7H,8-9H2,1-3H3,(H,25,26)(H2,23,24,27). The van der Waals surface area contributed by atoms with Crippen molar-refractivity contribution >= 4 is 17.6 Å². The number of rotatable bonds is 8. The van der Waals surface area contributed by atoms with Crippen LogP contribution >= 0.6 is 0 Å². The number of hydrogen-bond donors (Lipinski definition) is 3. The number of amides is 3. The summed E-state index contributed by atoms with van der Waals surface area (Å²) in [4.78, 5) is 23.7. The molecule has 8 nitrogen and oxygen atoms in total. The van der Waals surface area contributed by atoms with Gasteiger partial charge in [0, 0.05) is 6.54 Å². The molecule has 0 bridgehead atoms. The molecule has 0 aliphatic carbocycles. The summed E-state index contributed by atoms with van der Waals surface area (Å²) < 4.78 is 55.3. The first-order chi connectivity index (χ1) is 14.3. The van der Waals surface area contributed by atoms with Gasteiger partial charge in [-0.25, -0.2) is 18.0 Å². The fourth-order valence-electron chi connectivity index (χ4n) is 2.46. The summed E-state index contributed by atoms with van der Waals surface area (Å²) in [6.07, 6.45) is 0. The maximum absolute atomic E-state index is 13.5. The average Bonchev–Trinajstić information content (AvgIpc) is 2.75. The molecule has 0 aliphatic heterocycles. The number of ether oxygens (including phenoxy) is 3. The molecule has 2 rings (SSSR count). The lowest BCUT2D eigenvalue weighted by molar-refractivity contribution is -0.115. The second-order valence-corrected chi connectivity index (χ2v) is 5.84. The predicted molar refractivity (Wildman–Crippen MR) is 101 cm³/mol. The molecule has 30 heavy (non-hydrogen) atoms. The van der Waals surface area contributed by atoms with Crippen LogP contribution in [0.5, 0.6) is 17.2 Å². The van der Waals surface area contributed by atoms with E-state index in [9.17, 15) is 22.8 Å². The van der Waals surface area contributed by atoms with Crippen molar-refractivity contribution in [2.24, 2.45) is 0 Å². The average molecular weight is 427 g/mol. The van der Waals surface area contributed by atoms with Gasteiger partial charge in [0.2, 0.25) is 11.7 Å². The van der Waals surface area contributed by atoms with Gasteiger partial charge in [0.25, 0.3) is 0 Å². The summed E-state index contributed by atoms with van der Waals surface area (Å²) in [5.41, 5.74) is 0.0893. The van der Waals surface area contributed by atoms with E-state index in [4.69, 9.17) is 14.2 Å². The molecule has 0 spiro atoms. The van der Waals surface area contributed by atoms with Crippen LogP contribution in [0.15, 0.2) is 24.3 Å². The third-order valence-electron chi connectivity index (χ3n) is 3.90. The first-order valence-electron chi connectivity index (χ1n) is 8.54. The minimum Gasteiger partial charge on any atom is -0.493 e. The van der Waals surface area contributed by atoms with Crippen molar-refractivity contribution in [3.8, 4) is 17.2 Å². The van der Waals surface area contributed by atoms with Crippen molar-refractivity contribution in [1.82, 2.24) is 10.6 Å². The summed E-state index contributed by atoms with van der Waals surface area (Å²) in [7, 11) is 4.37. The largest absolute Gasteiger partial charge is 0.493 e. The molecular weight excluding hydrogens is 407 g/mol. The molecule has 0 aromatic heterocycles. The summed E-state index contributed by atoms with van der Waals surface area (Å²) >= 11 is 0. The second-order valence-electron chi connectivity index (χ2n) is 5.84. The Labute approximate surface area is 170 Å². The zero-order chi connectivity index (χ0) is 22.3. The maximum atomic E-state index is 13.5. The minimum atomic E-state index is -1.70. The highest BCUT2D eigenvalue weighted by Gasteiger charge is 2.16. The van der Waals surface area contributed by atoms with Crippen molar-refractivity contribution in [3.63, 3.8) is 0 Å². The molecule has 2 aromatic rings. The van der Waals surface area contributed by atoms with Gasteiger partial charge in [0.05, 0.1) is 33.6 Å². The zero-order valence-electron chi connectivity index (χ0n) is 16.4. The Morgan fingerprint density at radius 1 is 0.900 bits per heavy atom. The molecule has 0 fully saturated rings. The normalized spacial score (nSPS) is 10.2. The van der Waals surface area contributed by atoms with Crippen LogP contribution in [0.1, 0.15) is 5.56 Å². The number of carbonyl (C=O) groups excluding carboxylic acids is 2. The fourth-order valence-corrected chi connectivity index (χ4v) is 2.46. The number of halogens is 3. The van der Waals surface area contributed by atoms with E-state index in [-0.39, 0.29) is 6.54 Å². The van der Waals surface area contributed by atoms with Crippen molar-refractivity contribution in [2.45, 2.75) is 6.54 Å². The Morgan fingerprint density at radius 2 is 1.53 bits per heavy atom. The van der Waals surface area contributed by atoms with Crippen molar-refractivity contribution < 1.29 is 37.0 Å². The number of anilines is 1. The molecule has 0 aliphatic rings. The van der Waals surface area contributed by atoms with Crippen LogP contribution in [0.25, 0.3) is 0 Å². The Bertz CT molecular complexity index is 915. The molecule has 0 saturated carbocycles. The van der Waals surface area contributed by atoms with Gasteiger partial charge in [-0.05, 0) is 29.8 Å². The Kier molecular flexibility index (Phi) is 7.73. The van der Waals surface area contributed by atoms with Crippen LogP contribution in [0.2, 0.25) is 0 Å². The molecule has 0 unspecified atom stereocenters. The molecular formula is C19H20F3N3O5. The molecule has 11 heteroatoms. The predicted octanol–water partition coefficient (Wildman–Crippen LogP) is 2.57. The Hall–Kier alpha value is -3.63. The van der Waals surface area contributed by atoms with Crippen LogP contribution in [0, 0.1) is 17.5 Å². The van der Waals surface area contributed by atoms with Crippen LogP contribution in [0.4, 0.5) is 23.7 Å². The zero-order valence-corrected chi connectivity index (χ0v) is 16.4. The van der Waals surface area contributed by atoms with E-state index in [1.165, 1.54) is 21.3 Å². The van der Waals surface area contributed by atoms with E-state index in [1.54, 1.807) is 12.1 Å². The smallest absolute Gasteiger partial charge is 0.315 e. The number of carbonyl (C=O) groups is 2. The number of methoxy groups -OCH3 is 3. The number of benzene rings is 2. The first-order valence-corrected chi connectivity index (χ1v) is 8.54. The Morgan fingerprint density at radius 3 is 2.10 bits per heavy atom. The number of nitrogens with one attached hydrogen (secondary N) is 3. The van der Waals surface area contributed by atoms with E-state index in [1.807, 2.05) is 5.32 Å². The molecule has 3 N–H and O–H groups in total. The van der Waals surface area contributed by atoms with Gasteiger partial charge >= 0.3 is 6.03 Å². The molecule has 2 aromatic carbocycles. The SMILES string of the molecule is COc1cc(CNC(=O)NCC(=O)Nc2ccc(F)c(F)c2F)cc(OC)c1OC.